The second-order valence-corrected chi connectivity index (χ2v) is 8.98. The van der Waals surface area contributed by atoms with Crippen molar-refractivity contribution in [3.05, 3.63) is 75.7 Å². The van der Waals surface area contributed by atoms with E-state index in [9.17, 15) is 4.79 Å². The molecule has 2 aliphatic heterocycles. The molecule has 1 fully saturated rings. The zero-order valence-corrected chi connectivity index (χ0v) is 18.6. The van der Waals surface area contributed by atoms with Gasteiger partial charge in [-0.15, -0.1) is 11.3 Å². The van der Waals surface area contributed by atoms with Gasteiger partial charge in [0.1, 0.15) is 10.7 Å². The molecule has 3 heterocycles. The number of fused-ring (bicyclic) bond motifs is 1. The average Bonchev–Trinajstić information content (AvgIpc) is 3.49. The molecule has 1 saturated heterocycles. The first-order valence-corrected chi connectivity index (χ1v) is 11.7. The monoisotopic (exact) mass is 450 g/mol. The molecule has 1 aromatic heterocycles. The van der Waals surface area contributed by atoms with E-state index in [0.717, 1.165) is 61.3 Å². The molecule has 166 valence electrons. The Hall–Kier alpha value is -2.94. The first kappa shape index (κ1) is 20.9. The van der Waals surface area contributed by atoms with E-state index in [1.54, 1.807) is 11.3 Å². The summed E-state index contributed by atoms with van der Waals surface area (Å²) >= 11 is 1.56. The number of nitrogens with one attached hydrogen (secondary N) is 1. The van der Waals surface area contributed by atoms with Gasteiger partial charge in [-0.2, -0.15) is 0 Å². The number of amides is 1. The van der Waals surface area contributed by atoms with Gasteiger partial charge in [0.15, 0.2) is 11.5 Å². The molecule has 7 nitrogen and oxygen atoms in total. The lowest BCUT2D eigenvalue weighted by atomic mass is 10.1. The second kappa shape index (κ2) is 9.68. The Morgan fingerprint density at radius 3 is 2.50 bits per heavy atom. The summed E-state index contributed by atoms with van der Waals surface area (Å²) in [7, 11) is 0. The minimum Gasteiger partial charge on any atom is -0.454 e. The molecular formula is C24H26N4O3S. The maximum Gasteiger partial charge on any atom is 0.271 e. The van der Waals surface area contributed by atoms with Crippen LogP contribution in [-0.2, 0) is 19.6 Å². The highest BCUT2D eigenvalue weighted by Crippen LogP contribution is 2.32. The fourth-order valence-corrected chi connectivity index (χ4v) is 4.77. The number of thiazole rings is 1. The van der Waals surface area contributed by atoms with Crippen LogP contribution < -0.4 is 14.8 Å². The van der Waals surface area contributed by atoms with Crippen molar-refractivity contribution in [2.24, 2.45) is 0 Å². The number of carbonyl (C=O) groups excluding carboxylic acids is 1. The van der Waals surface area contributed by atoms with Crippen molar-refractivity contribution in [1.29, 1.82) is 0 Å². The Morgan fingerprint density at radius 2 is 1.69 bits per heavy atom. The van der Waals surface area contributed by atoms with Gasteiger partial charge in [-0.05, 0) is 23.3 Å². The van der Waals surface area contributed by atoms with Gasteiger partial charge in [-0.3, -0.25) is 14.6 Å². The maximum absolute atomic E-state index is 12.4. The third kappa shape index (κ3) is 5.09. The van der Waals surface area contributed by atoms with Crippen molar-refractivity contribution in [2.45, 2.75) is 19.6 Å². The zero-order valence-electron chi connectivity index (χ0n) is 17.8. The van der Waals surface area contributed by atoms with Gasteiger partial charge in [-0.25, -0.2) is 4.98 Å². The molecule has 0 unspecified atom stereocenters. The Labute approximate surface area is 191 Å². The number of piperazine rings is 1. The van der Waals surface area contributed by atoms with Crippen LogP contribution in [0.5, 0.6) is 11.5 Å². The van der Waals surface area contributed by atoms with Crippen LogP contribution in [0.3, 0.4) is 0 Å². The predicted molar refractivity (Wildman–Crippen MR) is 123 cm³/mol. The molecule has 0 spiro atoms. The molecule has 32 heavy (non-hydrogen) atoms. The minimum absolute atomic E-state index is 0.120. The van der Waals surface area contributed by atoms with Crippen LogP contribution in [0.15, 0.2) is 53.9 Å². The lowest BCUT2D eigenvalue weighted by Gasteiger charge is -2.34. The number of hydrogen-bond acceptors (Lipinski definition) is 7. The molecule has 5 rings (SSSR count). The quantitative estimate of drug-likeness (QED) is 0.597. The van der Waals surface area contributed by atoms with Gasteiger partial charge in [0.05, 0.1) is 6.54 Å². The molecule has 0 radical (unpaired) electrons. The number of rotatable bonds is 7. The first-order chi connectivity index (χ1) is 15.7. The van der Waals surface area contributed by atoms with Crippen LogP contribution in [-0.4, -0.2) is 53.7 Å². The van der Waals surface area contributed by atoms with Crippen molar-refractivity contribution in [3.63, 3.8) is 0 Å². The topological polar surface area (TPSA) is 66.9 Å². The number of aromatic nitrogens is 1. The van der Waals surface area contributed by atoms with E-state index in [1.807, 2.05) is 41.8 Å². The average molecular weight is 451 g/mol. The molecule has 2 aromatic carbocycles. The molecule has 0 bridgehead atoms. The lowest BCUT2D eigenvalue weighted by molar-refractivity contribution is 0.0945. The smallest absolute Gasteiger partial charge is 0.271 e. The van der Waals surface area contributed by atoms with Gasteiger partial charge in [0, 0.05) is 44.6 Å². The van der Waals surface area contributed by atoms with Crippen LogP contribution in [0.25, 0.3) is 0 Å². The summed E-state index contributed by atoms with van der Waals surface area (Å²) in [6.07, 6.45) is 0. The van der Waals surface area contributed by atoms with Crippen LogP contribution in [0.2, 0.25) is 0 Å². The van der Waals surface area contributed by atoms with Gasteiger partial charge in [0.25, 0.3) is 5.91 Å². The van der Waals surface area contributed by atoms with Gasteiger partial charge < -0.3 is 14.8 Å². The summed E-state index contributed by atoms with van der Waals surface area (Å²) in [5.41, 5.74) is 2.83. The van der Waals surface area contributed by atoms with Crippen molar-refractivity contribution in [1.82, 2.24) is 20.1 Å². The lowest BCUT2D eigenvalue weighted by Crippen LogP contribution is -2.45. The van der Waals surface area contributed by atoms with E-state index >= 15 is 0 Å². The van der Waals surface area contributed by atoms with E-state index < -0.39 is 0 Å². The van der Waals surface area contributed by atoms with Crippen molar-refractivity contribution in [2.75, 3.05) is 33.0 Å². The third-order valence-corrected chi connectivity index (χ3v) is 6.58. The summed E-state index contributed by atoms with van der Waals surface area (Å²) < 4.78 is 10.9. The van der Waals surface area contributed by atoms with Crippen LogP contribution in [0, 0.1) is 0 Å². The Kier molecular flexibility index (Phi) is 6.34. The van der Waals surface area contributed by atoms with Gasteiger partial charge in [-0.1, -0.05) is 36.4 Å². The third-order valence-electron chi connectivity index (χ3n) is 5.75. The van der Waals surface area contributed by atoms with Gasteiger partial charge >= 0.3 is 0 Å². The summed E-state index contributed by atoms with van der Waals surface area (Å²) in [4.78, 5) is 21.8. The minimum atomic E-state index is -0.120. The molecule has 1 N–H and O–H groups in total. The van der Waals surface area contributed by atoms with E-state index in [4.69, 9.17) is 9.47 Å². The number of benzene rings is 2. The molecular weight excluding hydrogens is 424 g/mol. The largest absolute Gasteiger partial charge is 0.454 e. The molecule has 2 aliphatic rings. The van der Waals surface area contributed by atoms with E-state index in [2.05, 4.69) is 32.2 Å². The summed E-state index contributed by atoms with van der Waals surface area (Å²) in [5.74, 6) is 1.55. The highest BCUT2D eigenvalue weighted by Gasteiger charge is 2.20. The number of nitrogens with zero attached hydrogens (tertiary/aromatic N) is 3. The number of ether oxygens (including phenoxy) is 2. The Morgan fingerprint density at radius 1 is 0.938 bits per heavy atom. The van der Waals surface area contributed by atoms with Crippen molar-refractivity contribution < 1.29 is 14.3 Å². The Balaban J connectivity index is 1.08. The van der Waals surface area contributed by atoms with Crippen LogP contribution >= 0.6 is 11.3 Å². The highest BCUT2D eigenvalue weighted by molar-refractivity contribution is 7.09. The molecule has 0 aliphatic carbocycles. The number of hydrogen-bond donors (Lipinski definition) is 1. The van der Waals surface area contributed by atoms with Crippen LogP contribution in [0.1, 0.15) is 26.6 Å². The molecule has 0 atom stereocenters. The van der Waals surface area contributed by atoms with Crippen molar-refractivity contribution >= 4 is 17.2 Å². The number of carbonyl (C=O) groups is 1. The predicted octanol–water partition coefficient (Wildman–Crippen LogP) is 3.12. The van der Waals surface area contributed by atoms with Gasteiger partial charge in [0.2, 0.25) is 6.79 Å². The van der Waals surface area contributed by atoms with E-state index in [0.29, 0.717) is 19.0 Å². The summed E-state index contributed by atoms with van der Waals surface area (Å²) in [6, 6.07) is 16.1. The zero-order chi connectivity index (χ0) is 21.8. The maximum atomic E-state index is 12.4. The SMILES string of the molecule is O=C(NCc1ccccc1)c1csc(CN2CCN(Cc3ccc4c(c3)OCO4)CC2)n1. The van der Waals surface area contributed by atoms with E-state index in [1.165, 1.54) is 5.56 Å². The molecule has 3 aromatic rings. The summed E-state index contributed by atoms with van der Waals surface area (Å²) in [6.45, 7) is 6.50. The molecule has 8 heteroatoms. The standard InChI is InChI=1S/C24H26N4O3S/c29-24(25-13-18-4-2-1-3-5-18)20-16-32-23(26-20)15-28-10-8-27(9-11-28)14-19-6-7-21-22(12-19)31-17-30-21/h1-7,12,16H,8-11,13-15,17H2,(H,25,29). The summed E-state index contributed by atoms with van der Waals surface area (Å²) in [5, 5.41) is 5.78. The van der Waals surface area contributed by atoms with E-state index in [-0.39, 0.29) is 5.91 Å². The fraction of sp³-hybridized carbons (Fsp3) is 0.333. The van der Waals surface area contributed by atoms with Crippen LogP contribution in [0.4, 0.5) is 0 Å². The fourth-order valence-electron chi connectivity index (χ4n) is 3.95. The second-order valence-electron chi connectivity index (χ2n) is 8.03. The normalized spacial score (nSPS) is 16.2. The highest BCUT2D eigenvalue weighted by atomic mass is 32.1. The Bertz CT molecular complexity index is 1060. The molecule has 0 saturated carbocycles. The molecule has 1 amide bonds. The first-order valence-electron chi connectivity index (χ1n) is 10.8. The van der Waals surface area contributed by atoms with Crippen molar-refractivity contribution in [3.8, 4) is 11.5 Å².